The number of primary amides is 1. The molecule has 6 atom stereocenters. The number of anilines is 1. The Balaban J connectivity index is 1.93. The fraction of sp³-hybridized carbons (Fsp3) is 0.364. The summed E-state index contributed by atoms with van der Waals surface area (Å²) in [6.07, 6.45) is -0.553. The molecule has 49 heavy (non-hydrogen) atoms. The number of amides is 6. The van der Waals surface area contributed by atoms with Gasteiger partial charge in [0.05, 0.1) is 12.1 Å². The van der Waals surface area contributed by atoms with E-state index >= 15 is 0 Å². The third-order valence-electron chi connectivity index (χ3n) is 8.51. The van der Waals surface area contributed by atoms with Gasteiger partial charge in [-0.2, -0.15) is 0 Å². The molecule has 0 aromatic heterocycles. The third kappa shape index (κ3) is 7.29. The van der Waals surface area contributed by atoms with Crippen molar-refractivity contribution in [3.05, 3.63) is 59.8 Å². The number of aliphatic hydroxyl groups excluding tert-OH is 1. The van der Waals surface area contributed by atoms with Crippen LogP contribution in [0.2, 0.25) is 0 Å². The average molecular weight is 679 g/mol. The summed E-state index contributed by atoms with van der Waals surface area (Å²) in [7, 11) is 0. The highest BCUT2D eigenvalue weighted by atomic mass is 16.4. The molecule has 0 saturated carbocycles. The lowest BCUT2D eigenvalue weighted by atomic mass is 9.83. The highest BCUT2D eigenvalue weighted by molar-refractivity contribution is 6.37. The Bertz CT molecular complexity index is 1740. The number of nitrogens with two attached hydrogens (primary N) is 1. The number of aromatic hydroxyl groups is 1. The molecule has 0 unspecified atom stereocenters. The van der Waals surface area contributed by atoms with Gasteiger partial charge in [-0.15, -0.1) is 0 Å². The number of hydrogen-bond donors (Lipinski definition) is 9. The van der Waals surface area contributed by atoms with Crippen LogP contribution in [0.25, 0.3) is 11.1 Å². The number of rotatable bonds is 8. The molecule has 2 aliphatic rings. The fourth-order valence-corrected chi connectivity index (χ4v) is 5.58. The van der Waals surface area contributed by atoms with Crippen LogP contribution in [-0.4, -0.2) is 80.8 Å². The molecule has 2 aromatic rings. The zero-order chi connectivity index (χ0) is 36.2. The summed E-state index contributed by atoms with van der Waals surface area (Å²) in [5.74, 6) is -8.38. The van der Waals surface area contributed by atoms with Crippen molar-refractivity contribution in [1.82, 2.24) is 21.3 Å². The largest absolute Gasteiger partial charge is 0.507 e. The van der Waals surface area contributed by atoms with Gasteiger partial charge in [0.15, 0.2) is 5.60 Å². The van der Waals surface area contributed by atoms with Gasteiger partial charge in [-0.1, -0.05) is 44.2 Å². The molecule has 0 radical (unpaired) electrons. The van der Waals surface area contributed by atoms with Crippen molar-refractivity contribution < 1.29 is 48.9 Å². The van der Waals surface area contributed by atoms with Gasteiger partial charge in [-0.25, -0.2) is 0 Å². The number of ketones is 1. The van der Waals surface area contributed by atoms with E-state index < -0.39 is 83.4 Å². The van der Waals surface area contributed by atoms with E-state index in [1.165, 1.54) is 49.4 Å². The summed E-state index contributed by atoms with van der Waals surface area (Å²) in [6, 6.07) is 3.02. The Kier molecular flexibility index (Phi) is 10.8. The van der Waals surface area contributed by atoms with Gasteiger partial charge < -0.3 is 47.6 Å². The number of phenols is 1. The molecule has 2 aromatic carbocycles. The molecule has 260 valence electrons. The highest BCUT2D eigenvalue weighted by Crippen LogP contribution is 2.46. The van der Waals surface area contributed by atoms with E-state index in [1.807, 2.05) is 0 Å². The third-order valence-corrected chi connectivity index (χ3v) is 8.51. The number of fused-ring (bicyclic) bond motifs is 3. The number of hydrogen-bond acceptors (Lipinski definition) is 10. The van der Waals surface area contributed by atoms with Crippen molar-refractivity contribution in [2.75, 3.05) is 5.32 Å². The molecule has 4 rings (SSSR count). The molecule has 6 bridgehead atoms. The monoisotopic (exact) mass is 678 g/mol. The first-order valence-electron chi connectivity index (χ1n) is 15.5. The molecule has 0 aliphatic carbocycles. The number of benzene rings is 2. The Morgan fingerprint density at radius 3 is 2.45 bits per heavy atom. The first-order chi connectivity index (χ1) is 23.1. The van der Waals surface area contributed by atoms with Crippen LogP contribution in [-0.2, 0) is 45.6 Å². The van der Waals surface area contributed by atoms with E-state index in [0.29, 0.717) is 12.0 Å². The summed E-state index contributed by atoms with van der Waals surface area (Å²) < 4.78 is 0. The van der Waals surface area contributed by atoms with Crippen molar-refractivity contribution >= 4 is 46.9 Å². The number of aliphatic hydroxyl groups is 2. The van der Waals surface area contributed by atoms with Crippen molar-refractivity contribution in [2.45, 2.75) is 69.9 Å². The maximum Gasteiger partial charge on any atom is 0.288 e. The van der Waals surface area contributed by atoms with Crippen LogP contribution in [0.5, 0.6) is 5.75 Å². The Morgan fingerprint density at radius 1 is 1.08 bits per heavy atom. The number of nitrogens with one attached hydrogen (secondary N) is 5. The van der Waals surface area contributed by atoms with E-state index in [1.54, 1.807) is 13.8 Å². The molecule has 6 amide bonds. The minimum atomic E-state index is -2.83. The predicted molar refractivity (Wildman–Crippen MR) is 173 cm³/mol. The number of Topliss-reactive ketones (excluding diaryl/α,β-unsaturated/α-hetero) is 1. The number of para-hydroxylation sites is 1. The number of phenolic OH excluding ortho intramolecular Hbond substituents is 1. The fourth-order valence-electron chi connectivity index (χ4n) is 5.58. The van der Waals surface area contributed by atoms with E-state index in [4.69, 9.17) is 5.73 Å². The minimum absolute atomic E-state index is 0.0270. The van der Waals surface area contributed by atoms with Crippen molar-refractivity contribution in [3.8, 4) is 16.9 Å². The molecule has 0 spiro atoms. The van der Waals surface area contributed by atoms with Crippen molar-refractivity contribution in [1.29, 1.82) is 0 Å². The predicted octanol–water partition coefficient (Wildman–Crippen LogP) is -1.29. The van der Waals surface area contributed by atoms with Crippen LogP contribution < -0.4 is 32.3 Å². The topological polar surface area (TPSA) is 266 Å². The lowest BCUT2D eigenvalue weighted by Gasteiger charge is -2.33. The summed E-state index contributed by atoms with van der Waals surface area (Å²) in [5.41, 5.74) is 2.95. The SMILES string of the molecule is C/C=C/NC(=O)[C@@H]1NC(=O)[C@H](CC(N)=O)NC(=O)[C@@H](NC(=O)C(=O)[C@@H](C)CC)Cc2ccc(O)c(c2)-c2cccc3c2NC(=O)[C@@]3(O)[C@@H]1O. The Labute approximate surface area is 280 Å². The summed E-state index contributed by atoms with van der Waals surface area (Å²) in [5, 5.41) is 46.0. The second-order valence-corrected chi connectivity index (χ2v) is 11.9. The zero-order valence-electron chi connectivity index (χ0n) is 26.9. The van der Waals surface area contributed by atoms with Crippen molar-refractivity contribution in [2.24, 2.45) is 11.7 Å². The number of allylic oxidation sites excluding steroid dienone is 1. The van der Waals surface area contributed by atoms with E-state index in [0.717, 1.165) is 6.20 Å². The van der Waals surface area contributed by atoms with Crippen LogP contribution in [0.3, 0.4) is 0 Å². The van der Waals surface area contributed by atoms with E-state index in [2.05, 4.69) is 26.6 Å². The van der Waals surface area contributed by atoms with Crippen LogP contribution in [0.1, 0.15) is 44.7 Å². The summed E-state index contributed by atoms with van der Waals surface area (Å²) >= 11 is 0. The molecular formula is C33H38N6O10. The lowest BCUT2D eigenvalue weighted by molar-refractivity contribution is -0.155. The van der Waals surface area contributed by atoms with Crippen molar-refractivity contribution in [3.63, 3.8) is 0 Å². The van der Waals surface area contributed by atoms with Crippen LogP contribution in [0.15, 0.2) is 48.7 Å². The summed E-state index contributed by atoms with van der Waals surface area (Å²) in [4.78, 5) is 91.8. The van der Waals surface area contributed by atoms with Crippen LogP contribution >= 0.6 is 0 Å². The Morgan fingerprint density at radius 2 is 1.80 bits per heavy atom. The molecule has 2 heterocycles. The van der Waals surface area contributed by atoms with Gasteiger partial charge in [0.25, 0.3) is 11.8 Å². The molecule has 16 heteroatoms. The highest BCUT2D eigenvalue weighted by Gasteiger charge is 2.56. The van der Waals surface area contributed by atoms with Gasteiger partial charge in [0, 0.05) is 29.0 Å². The van der Waals surface area contributed by atoms with Gasteiger partial charge in [-0.05, 0) is 37.2 Å². The molecular weight excluding hydrogens is 640 g/mol. The number of carbonyl (C=O) groups is 7. The number of carbonyl (C=O) groups excluding carboxylic acids is 7. The first-order valence-corrected chi connectivity index (χ1v) is 15.5. The van der Waals surface area contributed by atoms with Gasteiger partial charge in [-0.3, -0.25) is 33.6 Å². The molecule has 2 aliphatic heterocycles. The standard InChI is InChI=1S/C33H38N6O10/c1-4-11-35-30(46)25-27(43)33(49)19-8-6-7-17(24(19)39-32(33)48)18-12-16(9-10-22(18)40)13-20(37-31(47)26(42)15(3)5-2)28(44)36-21(14-23(34)41)29(45)38-25/h4,6-12,15,20-21,25,27,40,43,49H,5,13-14H2,1-3H3,(H2,34,41)(H,35,46)(H,36,44)(H,37,47)(H,38,45)(H,39,48)/b11-4+/t15-,20-,21-,25+,27+,33-/m0/s1. The van der Waals surface area contributed by atoms with Gasteiger partial charge in [0.2, 0.25) is 29.4 Å². The summed E-state index contributed by atoms with van der Waals surface area (Å²) in [6.45, 7) is 4.79. The maximum atomic E-state index is 13.7. The molecule has 10 N–H and O–H groups in total. The normalized spacial score (nSPS) is 24.3. The first kappa shape index (κ1) is 36.2. The van der Waals surface area contributed by atoms with Crippen LogP contribution in [0, 0.1) is 5.92 Å². The van der Waals surface area contributed by atoms with Gasteiger partial charge in [0.1, 0.15) is 30.0 Å². The lowest BCUT2D eigenvalue weighted by Crippen LogP contribution is -2.64. The van der Waals surface area contributed by atoms with E-state index in [-0.39, 0.29) is 34.5 Å². The molecule has 16 nitrogen and oxygen atoms in total. The second kappa shape index (κ2) is 14.7. The smallest absolute Gasteiger partial charge is 0.288 e. The average Bonchev–Trinajstić information content (AvgIpc) is 3.34. The molecule has 0 saturated heterocycles. The zero-order valence-corrected chi connectivity index (χ0v) is 26.9. The quantitative estimate of drug-likeness (QED) is 0.149. The van der Waals surface area contributed by atoms with Crippen LogP contribution in [0.4, 0.5) is 5.69 Å². The molecule has 0 fully saturated rings. The maximum absolute atomic E-state index is 13.7. The Hall–Kier alpha value is -5.61. The van der Waals surface area contributed by atoms with Gasteiger partial charge >= 0.3 is 0 Å². The van der Waals surface area contributed by atoms with E-state index in [9.17, 15) is 48.9 Å². The minimum Gasteiger partial charge on any atom is -0.507 e. The second-order valence-electron chi connectivity index (χ2n) is 11.9.